The van der Waals surface area contributed by atoms with Crippen LogP contribution >= 0.6 is 11.8 Å². The fourth-order valence-corrected chi connectivity index (χ4v) is 2.75. The number of aromatic nitrogens is 1. The molecule has 18 heavy (non-hydrogen) atoms. The minimum Gasteiger partial charge on any atom is -0.396 e. The monoisotopic (exact) mass is 262 g/mol. The van der Waals surface area contributed by atoms with E-state index in [4.69, 9.17) is 10.8 Å². The lowest BCUT2D eigenvalue weighted by molar-refractivity contribution is 0.289. The zero-order valence-corrected chi connectivity index (χ0v) is 11.3. The Morgan fingerprint density at radius 2 is 2.17 bits per heavy atom. The summed E-state index contributed by atoms with van der Waals surface area (Å²) in [5, 5.41) is 10.4. The van der Waals surface area contributed by atoms with Crippen molar-refractivity contribution in [3.63, 3.8) is 0 Å². The molecule has 0 saturated heterocycles. The van der Waals surface area contributed by atoms with Gasteiger partial charge in [-0.05, 0) is 18.6 Å². The molecule has 1 atom stereocenters. The highest BCUT2D eigenvalue weighted by atomic mass is 32.2. The predicted molar refractivity (Wildman–Crippen MR) is 78.6 cm³/mol. The molecule has 2 aromatic rings. The number of para-hydroxylation sites is 1. The standard InChI is InChI=1S/C14H18N2OS/c1-10(6-7-17)18-9-12-8-11-4-2-3-5-13(11)16-14(12)15/h2-5,8,10,17H,6-7,9H2,1H3,(H2,15,16). The molecule has 0 saturated carbocycles. The molecule has 0 aliphatic heterocycles. The van der Waals surface area contributed by atoms with E-state index in [1.54, 1.807) is 11.8 Å². The summed E-state index contributed by atoms with van der Waals surface area (Å²) in [6, 6.07) is 10.1. The van der Waals surface area contributed by atoms with Crippen molar-refractivity contribution in [3.05, 3.63) is 35.9 Å². The first-order valence-electron chi connectivity index (χ1n) is 6.07. The SMILES string of the molecule is CC(CCO)SCc1cc2ccccc2nc1N. The lowest BCUT2D eigenvalue weighted by Crippen LogP contribution is -2.02. The van der Waals surface area contributed by atoms with Crippen molar-refractivity contribution in [1.82, 2.24) is 4.98 Å². The molecule has 0 bridgehead atoms. The molecule has 0 fully saturated rings. The van der Waals surface area contributed by atoms with E-state index in [2.05, 4.69) is 18.0 Å². The van der Waals surface area contributed by atoms with Gasteiger partial charge in [-0.15, -0.1) is 0 Å². The van der Waals surface area contributed by atoms with Crippen molar-refractivity contribution in [1.29, 1.82) is 0 Å². The second-order valence-corrected chi connectivity index (χ2v) is 5.79. The zero-order chi connectivity index (χ0) is 13.0. The average Bonchev–Trinajstić information content (AvgIpc) is 2.36. The van der Waals surface area contributed by atoms with Crippen LogP contribution in [0.2, 0.25) is 0 Å². The van der Waals surface area contributed by atoms with Gasteiger partial charge in [0, 0.05) is 28.6 Å². The first kappa shape index (κ1) is 13.2. The Bertz CT molecular complexity index is 530. The average molecular weight is 262 g/mol. The highest BCUT2D eigenvalue weighted by Crippen LogP contribution is 2.25. The van der Waals surface area contributed by atoms with E-state index >= 15 is 0 Å². The normalized spacial score (nSPS) is 12.8. The lowest BCUT2D eigenvalue weighted by atomic mass is 10.1. The van der Waals surface area contributed by atoms with Crippen molar-refractivity contribution in [3.8, 4) is 0 Å². The van der Waals surface area contributed by atoms with E-state index in [0.717, 1.165) is 28.6 Å². The van der Waals surface area contributed by atoms with Gasteiger partial charge in [0.05, 0.1) is 5.52 Å². The van der Waals surface area contributed by atoms with Crippen molar-refractivity contribution in [2.75, 3.05) is 12.3 Å². The quantitative estimate of drug-likeness (QED) is 0.870. The van der Waals surface area contributed by atoms with Crippen LogP contribution in [0.4, 0.5) is 5.82 Å². The summed E-state index contributed by atoms with van der Waals surface area (Å²) in [7, 11) is 0. The molecule has 2 rings (SSSR count). The molecule has 0 spiro atoms. The fourth-order valence-electron chi connectivity index (χ4n) is 1.79. The summed E-state index contributed by atoms with van der Waals surface area (Å²) in [5.74, 6) is 1.45. The molecule has 1 heterocycles. The van der Waals surface area contributed by atoms with Crippen LogP contribution in [-0.4, -0.2) is 21.9 Å². The van der Waals surface area contributed by atoms with Crippen LogP contribution < -0.4 is 5.73 Å². The molecule has 1 unspecified atom stereocenters. The first-order valence-corrected chi connectivity index (χ1v) is 7.12. The lowest BCUT2D eigenvalue weighted by Gasteiger charge is -2.11. The molecule has 1 aromatic carbocycles. The van der Waals surface area contributed by atoms with Crippen LogP contribution in [-0.2, 0) is 5.75 Å². The Morgan fingerprint density at radius 3 is 2.94 bits per heavy atom. The maximum Gasteiger partial charge on any atom is 0.128 e. The predicted octanol–water partition coefficient (Wildman–Crippen LogP) is 2.82. The minimum absolute atomic E-state index is 0.236. The number of hydrogen-bond acceptors (Lipinski definition) is 4. The Balaban J connectivity index is 2.15. The Morgan fingerprint density at radius 1 is 1.39 bits per heavy atom. The van der Waals surface area contributed by atoms with Gasteiger partial charge in [-0.1, -0.05) is 25.1 Å². The number of pyridine rings is 1. The highest BCUT2D eigenvalue weighted by Gasteiger charge is 2.07. The number of aliphatic hydroxyl groups is 1. The molecule has 1 aromatic heterocycles. The van der Waals surface area contributed by atoms with Gasteiger partial charge in [0.25, 0.3) is 0 Å². The molecular weight excluding hydrogens is 244 g/mol. The number of hydrogen-bond donors (Lipinski definition) is 2. The fraction of sp³-hybridized carbons (Fsp3) is 0.357. The number of aliphatic hydroxyl groups excluding tert-OH is 1. The van der Waals surface area contributed by atoms with Crippen LogP contribution in [0.1, 0.15) is 18.9 Å². The number of anilines is 1. The van der Waals surface area contributed by atoms with Gasteiger partial charge in [-0.25, -0.2) is 4.98 Å². The summed E-state index contributed by atoms with van der Waals surface area (Å²) >= 11 is 1.80. The molecule has 0 aliphatic rings. The maximum absolute atomic E-state index is 8.88. The molecule has 0 aliphatic carbocycles. The Hall–Kier alpha value is -1.26. The largest absolute Gasteiger partial charge is 0.396 e. The number of benzene rings is 1. The van der Waals surface area contributed by atoms with Gasteiger partial charge in [-0.2, -0.15) is 11.8 Å². The van der Waals surface area contributed by atoms with Crippen LogP contribution in [0.15, 0.2) is 30.3 Å². The van der Waals surface area contributed by atoms with Crippen LogP contribution in [0.3, 0.4) is 0 Å². The number of fused-ring (bicyclic) bond motifs is 1. The first-order chi connectivity index (χ1) is 8.70. The van der Waals surface area contributed by atoms with E-state index in [1.807, 2.05) is 24.3 Å². The van der Waals surface area contributed by atoms with Gasteiger partial charge in [0.2, 0.25) is 0 Å². The van der Waals surface area contributed by atoms with Gasteiger partial charge in [-0.3, -0.25) is 0 Å². The minimum atomic E-state index is 0.236. The number of nitrogens with zero attached hydrogens (tertiary/aromatic N) is 1. The van der Waals surface area contributed by atoms with Crippen LogP contribution in [0.25, 0.3) is 10.9 Å². The Labute approximate surface area is 111 Å². The maximum atomic E-state index is 8.88. The highest BCUT2D eigenvalue weighted by molar-refractivity contribution is 7.99. The van der Waals surface area contributed by atoms with E-state index in [-0.39, 0.29) is 6.61 Å². The number of nitrogen functional groups attached to an aromatic ring is 1. The third kappa shape index (κ3) is 3.15. The molecule has 3 nitrogen and oxygen atoms in total. The van der Waals surface area contributed by atoms with Crippen molar-refractivity contribution in [2.24, 2.45) is 0 Å². The second kappa shape index (κ2) is 6.07. The van der Waals surface area contributed by atoms with Gasteiger partial charge < -0.3 is 10.8 Å². The van der Waals surface area contributed by atoms with E-state index in [1.165, 1.54) is 0 Å². The number of nitrogens with two attached hydrogens (primary N) is 1. The summed E-state index contributed by atoms with van der Waals surface area (Å²) in [5.41, 5.74) is 7.98. The summed E-state index contributed by atoms with van der Waals surface area (Å²) in [6.07, 6.45) is 0.811. The molecule has 0 amide bonds. The Kier molecular flexibility index (Phi) is 4.44. The van der Waals surface area contributed by atoms with E-state index < -0.39 is 0 Å². The smallest absolute Gasteiger partial charge is 0.128 e. The second-order valence-electron chi connectivity index (χ2n) is 4.36. The summed E-state index contributed by atoms with van der Waals surface area (Å²) in [4.78, 5) is 4.41. The van der Waals surface area contributed by atoms with Gasteiger partial charge in [0.1, 0.15) is 5.82 Å². The zero-order valence-electron chi connectivity index (χ0n) is 10.5. The van der Waals surface area contributed by atoms with E-state index in [9.17, 15) is 0 Å². The summed E-state index contributed by atoms with van der Waals surface area (Å²) < 4.78 is 0. The third-order valence-corrected chi connectivity index (χ3v) is 4.18. The third-order valence-electron chi connectivity index (χ3n) is 2.90. The molecule has 4 heteroatoms. The van der Waals surface area contributed by atoms with Gasteiger partial charge in [0.15, 0.2) is 0 Å². The summed E-state index contributed by atoms with van der Waals surface area (Å²) in [6.45, 7) is 2.35. The molecule has 96 valence electrons. The van der Waals surface area contributed by atoms with Gasteiger partial charge >= 0.3 is 0 Å². The molecule has 3 N–H and O–H groups in total. The van der Waals surface area contributed by atoms with Crippen LogP contribution in [0.5, 0.6) is 0 Å². The van der Waals surface area contributed by atoms with Crippen molar-refractivity contribution >= 4 is 28.5 Å². The molecular formula is C14H18N2OS. The van der Waals surface area contributed by atoms with E-state index in [0.29, 0.717) is 11.1 Å². The van der Waals surface area contributed by atoms with Crippen molar-refractivity contribution < 1.29 is 5.11 Å². The van der Waals surface area contributed by atoms with Crippen molar-refractivity contribution in [2.45, 2.75) is 24.3 Å². The number of rotatable bonds is 5. The molecule has 0 radical (unpaired) electrons. The van der Waals surface area contributed by atoms with Crippen LogP contribution in [0, 0.1) is 0 Å². The topological polar surface area (TPSA) is 59.1 Å². The number of thioether (sulfide) groups is 1.